The van der Waals surface area contributed by atoms with Crippen LogP contribution in [0.1, 0.15) is 6.92 Å². The fourth-order valence-corrected chi connectivity index (χ4v) is 1.05. The third kappa shape index (κ3) is 3.94. The molecule has 0 aliphatic rings. The zero-order valence-corrected chi connectivity index (χ0v) is 7.15. The van der Waals surface area contributed by atoms with Gasteiger partial charge < -0.3 is 5.32 Å². The van der Waals surface area contributed by atoms with Gasteiger partial charge in [-0.1, -0.05) is 6.92 Å². The average molecular weight is 166 g/mol. The summed E-state index contributed by atoms with van der Waals surface area (Å²) in [7, 11) is 1.81. The minimum atomic E-state index is -1.81. The van der Waals surface area contributed by atoms with Crippen molar-refractivity contribution >= 4 is 11.3 Å². The van der Waals surface area contributed by atoms with E-state index in [-0.39, 0.29) is 0 Å². The highest BCUT2D eigenvalue weighted by Gasteiger charge is 2.05. The Hall–Kier alpha value is 0.0300. The molecule has 0 spiro atoms. The molecule has 0 aliphatic carbocycles. The molecule has 4 nitrogen and oxygen atoms in total. The number of likely N-dealkylation sites (N-methyl/N-ethyl adjacent to an activating group) is 2. The molecule has 1 unspecified atom stereocenters. The molecule has 0 saturated heterocycles. The summed E-state index contributed by atoms with van der Waals surface area (Å²) in [6.45, 7) is 3.80. The topological polar surface area (TPSA) is 52.6 Å². The number of hydrogen-bond donors (Lipinski definition) is 2. The molecule has 0 aromatic heterocycles. The zero-order valence-electron chi connectivity index (χ0n) is 6.33. The average Bonchev–Trinajstić information content (AvgIpc) is 1.89. The summed E-state index contributed by atoms with van der Waals surface area (Å²) in [5, 5.41) is 2.90. The third-order valence-electron chi connectivity index (χ3n) is 1.18. The number of nitrogens with zero attached hydrogens (tertiary/aromatic N) is 1. The van der Waals surface area contributed by atoms with E-state index < -0.39 is 11.3 Å². The van der Waals surface area contributed by atoms with Crippen LogP contribution < -0.4 is 5.32 Å². The molecule has 0 heterocycles. The first-order valence-electron chi connectivity index (χ1n) is 3.22. The normalized spacial score (nSPS) is 14.0. The van der Waals surface area contributed by atoms with E-state index in [2.05, 4.69) is 5.32 Å². The van der Waals surface area contributed by atoms with Crippen molar-refractivity contribution in [3.63, 3.8) is 0 Å². The molecule has 0 radical (unpaired) electrons. The Balaban J connectivity index is 3.50. The Kier molecular flexibility index (Phi) is 5.81. The van der Waals surface area contributed by atoms with E-state index in [4.69, 9.17) is 4.55 Å². The summed E-state index contributed by atoms with van der Waals surface area (Å²) in [6, 6.07) is 0. The van der Waals surface area contributed by atoms with E-state index in [0.29, 0.717) is 13.1 Å². The van der Waals surface area contributed by atoms with Crippen LogP contribution in [-0.4, -0.2) is 39.7 Å². The summed E-state index contributed by atoms with van der Waals surface area (Å²) in [5.74, 6) is 0. The van der Waals surface area contributed by atoms with Crippen molar-refractivity contribution in [3.8, 4) is 0 Å². The fourth-order valence-electron chi connectivity index (χ4n) is 0.583. The molecule has 62 valence electrons. The SMILES string of the molecule is CCN(CCNC)S(=O)O. The third-order valence-corrected chi connectivity index (χ3v) is 2.07. The summed E-state index contributed by atoms with van der Waals surface area (Å²) < 4.78 is 20.5. The summed E-state index contributed by atoms with van der Waals surface area (Å²) >= 11 is -1.81. The van der Waals surface area contributed by atoms with Crippen molar-refractivity contribution in [1.29, 1.82) is 0 Å². The predicted molar refractivity (Wildman–Crippen MR) is 41.9 cm³/mol. The number of nitrogens with one attached hydrogen (secondary N) is 1. The van der Waals surface area contributed by atoms with Gasteiger partial charge in [-0.15, -0.1) is 0 Å². The molecule has 0 aliphatic heterocycles. The van der Waals surface area contributed by atoms with Crippen LogP contribution >= 0.6 is 0 Å². The first-order chi connectivity index (χ1) is 4.72. The fraction of sp³-hybridized carbons (Fsp3) is 1.00. The van der Waals surface area contributed by atoms with Crippen LogP contribution in [0.3, 0.4) is 0 Å². The smallest absolute Gasteiger partial charge is 0.234 e. The van der Waals surface area contributed by atoms with E-state index in [1.807, 2.05) is 14.0 Å². The zero-order chi connectivity index (χ0) is 7.98. The van der Waals surface area contributed by atoms with Crippen molar-refractivity contribution in [2.75, 3.05) is 26.7 Å². The highest BCUT2D eigenvalue weighted by molar-refractivity contribution is 7.76. The molecule has 0 amide bonds. The second-order valence-electron chi connectivity index (χ2n) is 1.86. The van der Waals surface area contributed by atoms with Gasteiger partial charge in [-0.2, -0.15) is 0 Å². The Bertz CT molecular complexity index is 110. The second-order valence-corrected chi connectivity index (χ2v) is 2.83. The van der Waals surface area contributed by atoms with Crippen molar-refractivity contribution in [3.05, 3.63) is 0 Å². The molecular formula is C5H14N2O2S. The van der Waals surface area contributed by atoms with Crippen LogP contribution in [0.5, 0.6) is 0 Å². The maximum Gasteiger partial charge on any atom is 0.234 e. The lowest BCUT2D eigenvalue weighted by Crippen LogP contribution is -2.31. The van der Waals surface area contributed by atoms with Gasteiger partial charge >= 0.3 is 0 Å². The minimum absolute atomic E-state index is 0.602. The maximum absolute atomic E-state index is 10.4. The monoisotopic (exact) mass is 166 g/mol. The van der Waals surface area contributed by atoms with Gasteiger partial charge in [0.05, 0.1) is 0 Å². The van der Waals surface area contributed by atoms with E-state index in [0.717, 1.165) is 6.54 Å². The lowest BCUT2D eigenvalue weighted by atomic mass is 10.6. The Morgan fingerprint density at radius 1 is 1.70 bits per heavy atom. The van der Waals surface area contributed by atoms with Crippen molar-refractivity contribution < 1.29 is 8.76 Å². The highest BCUT2D eigenvalue weighted by atomic mass is 32.2. The highest BCUT2D eigenvalue weighted by Crippen LogP contribution is 1.88. The summed E-state index contributed by atoms with van der Waals surface area (Å²) in [6.07, 6.45) is 0. The molecule has 0 bridgehead atoms. The van der Waals surface area contributed by atoms with E-state index in [1.165, 1.54) is 4.31 Å². The molecule has 0 rings (SSSR count). The molecule has 0 saturated carbocycles. The number of rotatable bonds is 5. The minimum Gasteiger partial charge on any atom is -0.318 e. The van der Waals surface area contributed by atoms with Crippen LogP contribution in [0.2, 0.25) is 0 Å². The molecule has 0 aromatic carbocycles. The molecule has 2 N–H and O–H groups in total. The Morgan fingerprint density at radius 3 is 2.60 bits per heavy atom. The molecule has 10 heavy (non-hydrogen) atoms. The summed E-state index contributed by atoms with van der Waals surface area (Å²) in [5.41, 5.74) is 0. The van der Waals surface area contributed by atoms with Gasteiger partial charge in [0.1, 0.15) is 0 Å². The first kappa shape index (κ1) is 10.0. The van der Waals surface area contributed by atoms with Gasteiger partial charge in [0.25, 0.3) is 0 Å². The standard InChI is InChI=1S/C5H14N2O2S/c1-3-7(10(8)9)5-4-6-2/h6H,3-5H2,1-2H3,(H,8,9). The Labute approximate surface area is 64.0 Å². The largest absolute Gasteiger partial charge is 0.318 e. The van der Waals surface area contributed by atoms with E-state index in [9.17, 15) is 4.21 Å². The van der Waals surface area contributed by atoms with Crippen LogP contribution in [0.25, 0.3) is 0 Å². The van der Waals surface area contributed by atoms with Crippen LogP contribution in [-0.2, 0) is 11.3 Å². The van der Waals surface area contributed by atoms with Gasteiger partial charge in [-0.3, -0.25) is 4.55 Å². The molecule has 0 fully saturated rings. The predicted octanol–water partition coefficient (Wildman–Crippen LogP) is -0.336. The number of hydrogen-bond acceptors (Lipinski definition) is 2. The summed E-state index contributed by atoms with van der Waals surface area (Å²) in [4.78, 5) is 0. The van der Waals surface area contributed by atoms with Gasteiger partial charge in [-0.05, 0) is 7.05 Å². The van der Waals surface area contributed by atoms with Gasteiger partial charge in [0.2, 0.25) is 11.3 Å². The first-order valence-corrected chi connectivity index (χ1v) is 4.29. The maximum atomic E-state index is 10.4. The lowest BCUT2D eigenvalue weighted by Gasteiger charge is -2.13. The molecule has 0 aromatic rings. The van der Waals surface area contributed by atoms with Gasteiger partial charge in [-0.25, -0.2) is 8.51 Å². The van der Waals surface area contributed by atoms with Crippen LogP contribution in [0.15, 0.2) is 0 Å². The Morgan fingerprint density at radius 2 is 2.30 bits per heavy atom. The van der Waals surface area contributed by atoms with E-state index >= 15 is 0 Å². The lowest BCUT2D eigenvalue weighted by molar-refractivity contribution is 0.410. The van der Waals surface area contributed by atoms with Crippen LogP contribution in [0.4, 0.5) is 0 Å². The van der Waals surface area contributed by atoms with Crippen molar-refractivity contribution in [2.24, 2.45) is 0 Å². The van der Waals surface area contributed by atoms with Crippen molar-refractivity contribution in [1.82, 2.24) is 9.62 Å². The van der Waals surface area contributed by atoms with Crippen LogP contribution in [0, 0.1) is 0 Å². The van der Waals surface area contributed by atoms with E-state index in [1.54, 1.807) is 0 Å². The van der Waals surface area contributed by atoms with Gasteiger partial charge in [0, 0.05) is 19.6 Å². The molecular weight excluding hydrogens is 152 g/mol. The quantitative estimate of drug-likeness (QED) is 0.550. The second kappa shape index (κ2) is 5.79. The van der Waals surface area contributed by atoms with Gasteiger partial charge in [0.15, 0.2) is 0 Å². The molecule has 5 heteroatoms. The molecule has 1 atom stereocenters. The van der Waals surface area contributed by atoms with Crippen molar-refractivity contribution in [2.45, 2.75) is 6.92 Å².